The molecule has 1 rings (SSSR count). The van der Waals surface area contributed by atoms with Gasteiger partial charge in [-0.25, -0.2) is 4.79 Å². The molecule has 0 aromatic heterocycles. The molecule has 1 atom stereocenters. The highest BCUT2D eigenvalue weighted by molar-refractivity contribution is 5.87. The second-order valence-corrected chi connectivity index (χ2v) is 3.99. The molecule has 0 bridgehead atoms. The zero-order chi connectivity index (χ0) is 13.4. The molecule has 1 aromatic carbocycles. The predicted octanol–water partition coefficient (Wildman–Crippen LogP) is 2.89. The Kier molecular flexibility index (Phi) is 6.39. The quantitative estimate of drug-likeness (QED) is 0.723. The maximum Gasteiger partial charge on any atom is 0.335 e. The van der Waals surface area contributed by atoms with E-state index in [0.29, 0.717) is 18.8 Å². The van der Waals surface area contributed by atoms with Gasteiger partial charge in [0.05, 0.1) is 11.7 Å². The summed E-state index contributed by atoms with van der Waals surface area (Å²) in [4.78, 5) is 10.7. The van der Waals surface area contributed by atoms with E-state index >= 15 is 0 Å². The normalized spacial score (nSPS) is 12.3. The van der Waals surface area contributed by atoms with Crippen molar-refractivity contribution >= 4 is 5.97 Å². The summed E-state index contributed by atoms with van der Waals surface area (Å²) in [5, 5.41) is 8.79. The van der Waals surface area contributed by atoms with E-state index in [-0.39, 0.29) is 6.10 Å². The van der Waals surface area contributed by atoms with Gasteiger partial charge in [-0.3, -0.25) is 0 Å². The smallest absolute Gasteiger partial charge is 0.335 e. The van der Waals surface area contributed by atoms with Crippen molar-refractivity contribution in [1.82, 2.24) is 0 Å². The fourth-order valence-electron chi connectivity index (χ4n) is 1.56. The third kappa shape index (κ3) is 4.85. The first-order chi connectivity index (χ1) is 8.65. The Bertz CT molecular complexity index is 359. The molecule has 0 amide bonds. The first-order valence-corrected chi connectivity index (χ1v) is 6.17. The summed E-state index contributed by atoms with van der Waals surface area (Å²) >= 11 is 0. The summed E-state index contributed by atoms with van der Waals surface area (Å²) in [5.41, 5.74) is 1.28. The van der Waals surface area contributed by atoms with Gasteiger partial charge in [-0.1, -0.05) is 12.1 Å². The molecule has 0 radical (unpaired) electrons. The molecule has 4 nitrogen and oxygen atoms in total. The fraction of sp³-hybridized carbons (Fsp3) is 0.500. The summed E-state index contributed by atoms with van der Waals surface area (Å²) in [6, 6.07) is 6.77. The van der Waals surface area contributed by atoms with Crippen molar-refractivity contribution in [1.29, 1.82) is 0 Å². The van der Waals surface area contributed by atoms with Crippen molar-refractivity contribution in [2.24, 2.45) is 0 Å². The van der Waals surface area contributed by atoms with Crippen molar-refractivity contribution in [3.05, 3.63) is 35.4 Å². The number of carbonyl (C=O) groups is 1. The highest BCUT2D eigenvalue weighted by atomic mass is 16.5. The molecular weight excluding hydrogens is 232 g/mol. The van der Waals surface area contributed by atoms with Gasteiger partial charge in [-0.05, 0) is 38.0 Å². The van der Waals surface area contributed by atoms with E-state index in [1.54, 1.807) is 24.3 Å². The molecule has 1 unspecified atom stereocenters. The lowest BCUT2D eigenvalue weighted by Crippen LogP contribution is -2.05. The third-order valence-electron chi connectivity index (χ3n) is 2.63. The molecule has 0 aliphatic rings. The molecule has 100 valence electrons. The second kappa shape index (κ2) is 7.84. The molecule has 0 aliphatic carbocycles. The molecule has 0 saturated heterocycles. The maximum atomic E-state index is 10.7. The minimum absolute atomic E-state index is 0.0329. The van der Waals surface area contributed by atoms with Crippen LogP contribution in [0.4, 0.5) is 0 Å². The van der Waals surface area contributed by atoms with E-state index in [0.717, 1.165) is 18.6 Å². The van der Waals surface area contributed by atoms with Gasteiger partial charge in [0.1, 0.15) is 0 Å². The number of aromatic carboxylic acids is 1. The number of benzene rings is 1. The Labute approximate surface area is 108 Å². The molecule has 0 spiro atoms. The lowest BCUT2D eigenvalue weighted by atomic mass is 10.1. The third-order valence-corrected chi connectivity index (χ3v) is 2.63. The highest BCUT2D eigenvalue weighted by Gasteiger charge is 2.07. The first kappa shape index (κ1) is 14.7. The average Bonchev–Trinajstić information content (AvgIpc) is 2.38. The predicted molar refractivity (Wildman–Crippen MR) is 68.9 cm³/mol. The number of ether oxygens (including phenoxy) is 2. The number of hydrogen-bond acceptors (Lipinski definition) is 3. The lowest BCUT2D eigenvalue weighted by molar-refractivity contribution is 0.0439. The summed E-state index contributed by atoms with van der Waals surface area (Å²) in [6.45, 7) is 6.00. The van der Waals surface area contributed by atoms with Crippen LogP contribution < -0.4 is 0 Å². The van der Waals surface area contributed by atoms with Gasteiger partial charge in [0, 0.05) is 19.8 Å². The average molecular weight is 252 g/mol. The molecular formula is C14H20O4. The summed E-state index contributed by atoms with van der Waals surface area (Å²) < 4.78 is 10.9. The minimum atomic E-state index is -0.910. The largest absolute Gasteiger partial charge is 0.478 e. The van der Waals surface area contributed by atoms with Gasteiger partial charge >= 0.3 is 5.97 Å². The Morgan fingerprint density at radius 2 is 1.94 bits per heavy atom. The van der Waals surface area contributed by atoms with Crippen LogP contribution >= 0.6 is 0 Å². The number of rotatable bonds is 8. The van der Waals surface area contributed by atoms with Gasteiger partial charge < -0.3 is 14.6 Å². The standard InChI is InChI=1S/C14H20O4/c1-3-17-9-4-10-18-11(2)12-5-7-13(8-6-12)14(15)16/h5-8,11H,3-4,9-10H2,1-2H3,(H,15,16). The van der Waals surface area contributed by atoms with E-state index in [4.69, 9.17) is 14.6 Å². The van der Waals surface area contributed by atoms with Crippen molar-refractivity contribution in [3.63, 3.8) is 0 Å². The number of carboxylic acid groups (broad SMARTS) is 1. The topological polar surface area (TPSA) is 55.8 Å². The van der Waals surface area contributed by atoms with Crippen molar-refractivity contribution in [3.8, 4) is 0 Å². The summed E-state index contributed by atoms with van der Waals surface area (Å²) in [7, 11) is 0. The summed E-state index contributed by atoms with van der Waals surface area (Å²) in [6.07, 6.45) is 0.834. The van der Waals surface area contributed by atoms with Gasteiger partial charge in [0.25, 0.3) is 0 Å². The number of hydrogen-bond donors (Lipinski definition) is 1. The Balaban J connectivity index is 2.37. The Morgan fingerprint density at radius 3 is 2.50 bits per heavy atom. The molecule has 1 N–H and O–H groups in total. The second-order valence-electron chi connectivity index (χ2n) is 3.99. The van der Waals surface area contributed by atoms with Crippen LogP contribution in [0.5, 0.6) is 0 Å². The monoisotopic (exact) mass is 252 g/mol. The molecule has 18 heavy (non-hydrogen) atoms. The Hall–Kier alpha value is -1.39. The summed E-state index contributed by atoms with van der Waals surface area (Å²) in [5.74, 6) is -0.910. The van der Waals surface area contributed by atoms with Crippen LogP contribution in [0.1, 0.15) is 42.3 Å². The lowest BCUT2D eigenvalue weighted by Gasteiger charge is -2.13. The van der Waals surface area contributed by atoms with Gasteiger partial charge in [-0.15, -0.1) is 0 Å². The van der Waals surface area contributed by atoms with Crippen molar-refractivity contribution < 1.29 is 19.4 Å². The van der Waals surface area contributed by atoms with Crippen LogP contribution in [0.2, 0.25) is 0 Å². The molecule has 0 fully saturated rings. The zero-order valence-corrected chi connectivity index (χ0v) is 10.9. The van der Waals surface area contributed by atoms with Crippen molar-refractivity contribution in [2.75, 3.05) is 19.8 Å². The molecule has 0 aliphatic heterocycles. The number of carboxylic acids is 1. The van der Waals surface area contributed by atoms with Gasteiger partial charge in [0.15, 0.2) is 0 Å². The Morgan fingerprint density at radius 1 is 1.28 bits per heavy atom. The van der Waals surface area contributed by atoms with Crippen LogP contribution in [0.15, 0.2) is 24.3 Å². The van der Waals surface area contributed by atoms with Crippen LogP contribution in [0.3, 0.4) is 0 Å². The minimum Gasteiger partial charge on any atom is -0.478 e. The SMILES string of the molecule is CCOCCCOC(C)c1ccc(C(=O)O)cc1. The first-order valence-electron chi connectivity index (χ1n) is 6.17. The molecule has 0 heterocycles. The van der Waals surface area contributed by atoms with Gasteiger partial charge in [0.2, 0.25) is 0 Å². The van der Waals surface area contributed by atoms with E-state index in [1.165, 1.54) is 0 Å². The van der Waals surface area contributed by atoms with Crippen molar-refractivity contribution in [2.45, 2.75) is 26.4 Å². The van der Waals surface area contributed by atoms with Crippen LogP contribution in [-0.2, 0) is 9.47 Å². The zero-order valence-electron chi connectivity index (χ0n) is 10.9. The van der Waals surface area contributed by atoms with Crippen LogP contribution in [0.25, 0.3) is 0 Å². The van der Waals surface area contributed by atoms with Crippen LogP contribution in [-0.4, -0.2) is 30.9 Å². The highest BCUT2D eigenvalue weighted by Crippen LogP contribution is 2.17. The van der Waals surface area contributed by atoms with E-state index in [2.05, 4.69) is 0 Å². The molecule has 0 saturated carbocycles. The molecule has 1 aromatic rings. The van der Waals surface area contributed by atoms with E-state index < -0.39 is 5.97 Å². The maximum absolute atomic E-state index is 10.7. The van der Waals surface area contributed by atoms with Crippen LogP contribution in [0, 0.1) is 0 Å². The fourth-order valence-corrected chi connectivity index (χ4v) is 1.56. The van der Waals surface area contributed by atoms with Gasteiger partial charge in [-0.2, -0.15) is 0 Å². The van der Waals surface area contributed by atoms with E-state index in [1.807, 2.05) is 13.8 Å². The molecule has 4 heteroatoms. The van der Waals surface area contributed by atoms with E-state index in [9.17, 15) is 4.79 Å².